The average molecular weight is 243 g/mol. The van der Waals surface area contributed by atoms with Crippen molar-refractivity contribution in [1.29, 1.82) is 0 Å². The summed E-state index contributed by atoms with van der Waals surface area (Å²) in [5, 5.41) is 0. The van der Waals surface area contributed by atoms with Crippen LogP contribution in [0.2, 0.25) is 0 Å². The van der Waals surface area contributed by atoms with Crippen molar-refractivity contribution < 1.29 is 13.4 Å². The van der Waals surface area contributed by atoms with Gasteiger partial charge in [0.05, 0.1) is 0 Å². The van der Waals surface area contributed by atoms with Crippen LogP contribution in [0, 0.1) is 0 Å². The molecule has 68 valence electrons. The number of halogens is 1. The number of rotatable bonds is 1. The van der Waals surface area contributed by atoms with Gasteiger partial charge in [0.25, 0.3) is 0 Å². The number of carbonyl (C=O) groups is 1. The number of para-hydroxylation sites is 1. The van der Waals surface area contributed by atoms with Crippen molar-refractivity contribution in [1.82, 2.24) is 0 Å². The van der Waals surface area contributed by atoms with Crippen molar-refractivity contribution in [2.45, 2.75) is 12.5 Å². The quantitative estimate of drug-likeness (QED) is 0.754. The maximum atomic E-state index is 11.1. The van der Waals surface area contributed by atoms with Crippen LogP contribution in [-0.2, 0) is 15.0 Å². The Hall–Kier alpha value is -1.03. The number of hydrogen-bond donors (Lipinski definition) is 0. The summed E-state index contributed by atoms with van der Waals surface area (Å²) in [6.07, 6.45) is 0.0809. The third-order valence-corrected chi connectivity index (χ3v) is 2.31. The zero-order valence-electron chi connectivity index (χ0n) is 6.70. The van der Waals surface area contributed by atoms with Gasteiger partial charge in [0.15, 0.2) is 16.3 Å². The van der Waals surface area contributed by atoms with E-state index in [1.54, 1.807) is 0 Å². The first-order valence-corrected chi connectivity index (χ1v) is 4.53. The van der Waals surface area contributed by atoms with Crippen molar-refractivity contribution in [2.75, 3.05) is 0 Å². The van der Waals surface area contributed by atoms with Crippen LogP contribution in [-0.4, -0.2) is 12.1 Å². The van der Waals surface area contributed by atoms with Crippen molar-refractivity contribution in [2.24, 2.45) is 0 Å². The van der Waals surface area contributed by atoms with Crippen LogP contribution >= 0.6 is 16.3 Å². The summed E-state index contributed by atoms with van der Waals surface area (Å²) in [5.41, 5.74) is 1.05. The molecule has 0 saturated carbocycles. The van der Waals surface area contributed by atoms with Gasteiger partial charge in [-0.2, -0.15) is 0 Å². The summed E-state index contributed by atoms with van der Waals surface area (Å²) in [7, 11) is 0. The fraction of sp³-hybridized carbons (Fsp3) is 0.222. The second-order valence-electron chi connectivity index (χ2n) is 2.81. The molecule has 2 rings (SSSR count). The minimum atomic E-state index is -0.503. The molecule has 0 N–H and O–H groups in total. The van der Waals surface area contributed by atoms with E-state index in [0.717, 1.165) is 11.3 Å². The van der Waals surface area contributed by atoms with Gasteiger partial charge in [-0.25, -0.2) is 4.79 Å². The molecule has 1 atom stereocenters. The largest absolute Gasteiger partial charge is 0.478 e. The number of hydrogen-bond acceptors (Lipinski definition) is 3. The van der Waals surface area contributed by atoms with Crippen molar-refractivity contribution >= 4 is 22.2 Å². The molecule has 0 radical (unpaired) electrons. The van der Waals surface area contributed by atoms with Crippen LogP contribution < -0.4 is 4.74 Å². The van der Waals surface area contributed by atoms with Gasteiger partial charge in [0.1, 0.15) is 5.75 Å². The SMILES string of the molecule is O=C(OBr)C1Cc2ccccc2O1. The summed E-state index contributed by atoms with van der Waals surface area (Å²) in [6.45, 7) is 0. The van der Waals surface area contributed by atoms with Gasteiger partial charge >= 0.3 is 5.97 Å². The van der Waals surface area contributed by atoms with Crippen LogP contribution in [0.5, 0.6) is 5.75 Å². The lowest BCUT2D eigenvalue weighted by Gasteiger charge is -2.05. The summed E-state index contributed by atoms with van der Waals surface area (Å²) in [4.78, 5) is 11.1. The number of carbonyl (C=O) groups excluding carboxylic acids is 1. The van der Waals surface area contributed by atoms with Crippen molar-refractivity contribution in [3.63, 3.8) is 0 Å². The predicted molar refractivity (Wildman–Crippen MR) is 49.6 cm³/mol. The zero-order chi connectivity index (χ0) is 9.26. The third kappa shape index (κ3) is 1.54. The highest BCUT2D eigenvalue weighted by molar-refractivity contribution is 9.06. The Labute approximate surface area is 84.1 Å². The molecule has 1 aliphatic rings. The Morgan fingerprint density at radius 1 is 1.54 bits per heavy atom. The molecule has 0 fully saturated rings. The Morgan fingerprint density at radius 3 is 3.00 bits per heavy atom. The molecule has 3 nitrogen and oxygen atoms in total. The van der Waals surface area contributed by atoms with Crippen molar-refractivity contribution in [3.05, 3.63) is 29.8 Å². The summed E-state index contributed by atoms with van der Waals surface area (Å²) >= 11 is 2.64. The van der Waals surface area contributed by atoms with Gasteiger partial charge in [-0.3, -0.25) is 0 Å². The minimum Gasteiger partial charge on any atom is -0.478 e. The van der Waals surface area contributed by atoms with Gasteiger partial charge in [0, 0.05) is 6.42 Å². The molecule has 0 amide bonds. The van der Waals surface area contributed by atoms with E-state index in [4.69, 9.17) is 4.74 Å². The fourth-order valence-electron chi connectivity index (χ4n) is 1.36. The summed E-state index contributed by atoms with van der Waals surface area (Å²) < 4.78 is 9.77. The Kier molecular flexibility index (Phi) is 2.22. The molecular formula is C9H7BrO3. The predicted octanol–water partition coefficient (Wildman–Crippen LogP) is 1.84. The van der Waals surface area contributed by atoms with Crippen LogP contribution in [0.1, 0.15) is 5.56 Å². The van der Waals surface area contributed by atoms with Crippen LogP contribution in [0.15, 0.2) is 24.3 Å². The van der Waals surface area contributed by atoms with Gasteiger partial charge < -0.3 is 8.57 Å². The molecule has 0 saturated heterocycles. The lowest BCUT2D eigenvalue weighted by Crippen LogP contribution is -2.24. The molecular weight excluding hydrogens is 236 g/mol. The molecule has 0 spiro atoms. The van der Waals surface area contributed by atoms with E-state index in [-0.39, 0.29) is 0 Å². The van der Waals surface area contributed by atoms with E-state index >= 15 is 0 Å². The highest BCUT2D eigenvalue weighted by Crippen LogP contribution is 2.28. The molecule has 0 aromatic heterocycles. The van der Waals surface area contributed by atoms with Crippen molar-refractivity contribution in [3.8, 4) is 5.75 Å². The highest BCUT2D eigenvalue weighted by atomic mass is 79.9. The monoisotopic (exact) mass is 242 g/mol. The minimum absolute atomic E-state index is 0.392. The topological polar surface area (TPSA) is 35.5 Å². The second kappa shape index (κ2) is 3.38. The molecule has 13 heavy (non-hydrogen) atoms. The number of fused-ring (bicyclic) bond motifs is 1. The van der Waals surface area contributed by atoms with E-state index in [2.05, 4.69) is 20.1 Å². The highest BCUT2D eigenvalue weighted by Gasteiger charge is 2.29. The van der Waals surface area contributed by atoms with E-state index in [1.165, 1.54) is 0 Å². The Bertz CT molecular complexity index is 312. The molecule has 4 heteroatoms. The van der Waals surface area contributed by atoms with E-state index < -0.39 is 12.1 Å². The molecule has 1 unspecified atom stereocenters. The molecule has 0 bridgehead atoms. The second-order valence-corrected chi connectivity index (χ2v) is 3.14. The normalized spacial score (nSPS) is 19.0. The standard InChI is InChI=1S/C9H7BrO3/c10-13-9(11)8-5-6-3-1-2-4-7(6)12-8/h1-4,8H,5H2. The van der Waals surface area contributed by atoms with E-state index in [9.17, 15) is 4.79 Å². The van der Waals surface area contributed by atoms with E-state index in [1.807, 2.05) is 24.3 Å². The lowest BCUT2D eigenvalue weighted by molar-refractivity contribution is -0.139. The molecule has 1 aromatic rings. The average Bonchev–Trinajstić information content (AvgIpc) is 2.59. The fourth-order valence-corrected chi connectivity index (χ4v) is 1.57. The maximum Gasteiger partial charge on any atom is 0.359 e. The van der Waals surface area contributed by atoms with Gasteiger partial charge in [-0.1, -0.05) is 18.2 Å². The summed E-state index contributed by atoms with van der Waals surface area (Å²) in [5.74, 6) is 0.376. The van der Waals surface area contributed by atoms with E-state index in [0.29, 0.717) is 6.42 Å². The Balaban J connectivity index is 2.18. The third-order valence-electron chi connectivity index (χ3n) is 1.99. The van der Waals surface area contributed by atoms with Gasteiger partial charge in [-0.05, 0) is 11.6 Å². The molecule has 1 heterocycles. The number of ether oxygens (including phenoxy) is 1. The first-order valence-electron chi connectivity index (χ1n) is 3.88. The molecule has 1 aliphatic heterocycles. The Morgan fingerprint density at radius 2 is 2.31 bits per heavy atom. The summed E-state index contributed by atoms with van der Waals surface area (Å²) in [6, 6.07) is 7.58. The van der Waals surface area contributed by atoms with Crippen LogP contribution in [0.3, 0.4) is 0 Å². The van der Waals surface area contributed by atoms with Gasteiger partial charge in [-0.15, -0.1) is 0 Å². The first-order chi connectivity index (χ1) is 6.31. The molecule has 0 aliphatic carbocycles. The van der Waals surface area contributed by atoms with Crippen LogP contribution in [0.4, 0.5) is 0 Å². The maximum absolute atomic E-state index is 11.1. The van der Waals surface area contributed by atoms with Crippen LogP contribution in [0.25, 0.3) is 0 Å². The number of benzene rings is 1. The smallest absolute Gasteiger partial charge is 0.359 e. The molecule has 1 aromatic carbocycles. The lowest BCUT2D eigenvalue weighted by atomic mass is 10.1. The first kappa shape index (κ1) is 8.56. The van der Waals surface area contributed by atoms with Gasteiger partial charge in [0.2, 0.25) is 6.10 Å². The zero-order valence-corrected chi connectivity index (χ0v) is 8.28.